The Morgan fingerprint density at radius 3 is 2.72 bits per heavy atom. The third kappa shape index (κ3) is 2.66. The highest BCUT2D eigenvalue weighted by molar-refractivity contribution is 6.04. The molecule has 0 saturated carbocycles. The number of primary amides is 1. The molecular weight excluding hydrogens is 234 g/mol. The molecule has 5 N–H and O–H groups in total. The molecule has 0 aliphatic carbocycles. The number of anilines is 1. The van der Waals surface area contributed by atoms with Crippen molar-refractivity contribution in [2.24, 2.45) is 5.73 Å². The number of aliphatic hydroxyl groups excluding tert-OH is 1. The van der Waals surface area contributed by atoms with Crippen LogP contribution in [-0.2, 0) is 4.79 Å². The third-order valence-electron chi connectivity index (χ3n) is 2.87. The third-order valence-corrected chi connectivity index (χ3v) is 2.87. The molecule has 1 aromatic carbocycles. The number of rotatable bonds is 3. The smallest absolute Gasteiger partial charge is 0.250 e. The number of nitrogens with two attached hydrogens (primary N) is 1. The second-order valence-corrected chi connectivity index (χ2v) is 4.25. The molecule has 0 aromatic heterocycles. The molecule has 2 atom stereocenters. The molecule has 96 valence electrons. The predicted molar refractivity (Wildman–Crippen MR) is 66.0 cm³/mol. The summed E-state index contributed by atoms with van der Waals surface area (Å²) in [5.41, 5.74) is 5.88. The van der Waals surface area contributed by atoms with Crippen LogP contribution in [0.4, 0.5) is 5.69 Å². The molecule has 1 aliphatic rings. The number of β-amino-alcohol motifs (C(OH)–C–C–N with tert-alkyl or cyclic N) is 1. The summed E-state index contributed by atoms with van der Waals surface area (Å²) in [4.78, 5) is 23.1. The zero-order valence-corrected chi connectivity index (χ0v) is 9.72. The van der Waals surface area contributed by atoms with Crippen LogP contribution in [0.25, 0.3) is 0 Å². The topological polar surface area (TPSA) is 104 Å². The number of amides is 2. The SMILES string of the molecule is NC(=O)c1ccccc1NC(=O)C1CC(O)CN1. The van der Waals surface area contributed by atoms with Crippen LogP contribution in [0.3, 0.4) is 0 Å². The summed E-state index contributed by atoms with van der Waals surface area (Å²) >= 11 is 0. The maximum atomic E-state index is 11.9. The monoisotopic (exact) mass is 249 g/mol. The highest BCUT2D eigenvalue weighted by Crippen LogP contribution is 2.16. The minimum absolute atomic E-state index is 0.268. The van der Waals surface area contributed by atoms with Gasteiger partial charge in [0.2, 0.25) is 5.91 Å². The van der Waals surface area contributed by atoms with E-state index in [0.717, 1.165) is 0 Å². The highest BCUT2D eigenvalue weighted by Gasteiger charge is 2.28. The maximum absolute atomic E-state index is 11.9. The van der Waals surface area contributed by atoms with E-state index in [0.29, 0.717) is 18.7 Å². The molecule has 0 spiro atoms. The van der Waals surface area contributed by atoms with E-state index in [4.69, 9.17) is 5.73 Å². The van der Waals surface area contributed by atoms with Gasteiger partial charge in [-0.3, -0.25) is 9.59 Å². The fourth-order valence-electron chi connectivity index (χ4n) is 1.94. The van der Waals surface area contributed by atoms with Crippen molar-refractivity contribution >= 4 is 17.5 Å². The van der Waals surface area contributed by atoms with Crippen LogP contribution in [0.2, 0.25) is 0 Å². The molecule has 1 aromatic rings. The lowest BCUT2D eigenvalue weighted by Crippen LogP contribution is -2.36. The molecule has 1 heterocycles. The van der Waals surface area contributed by atoms with E-state index in [1.165, 1.54) is 0 Å². The van der Waals surface area contributed by atoms with E-state index < -0.39 is 18.1 Å². The van der Waals surface area contributed by atoms with Crippen molar-refractivity contribution in [1.29, 1.82) is 0 Å². The number of hydrogen-bond donors (Lipinski definition) is 4. The van der Waals surface area contributed by atoms with Crippen molar-refractivity contribution in [3.05, 3.63) is 29.8 Å². The Balaban J connectivity index is 2.09. The molecule has 6 heteroatoms. The molecule has 6 nitrogen and oxygen atoms in total. The number of benzene rings is 1. The lowest BCUT2D eigenvalue weighted by molar-refractivity contribution is -0.117. The minimum Gasteiger partial charge on any atom is -0.392 e. The average Bonchev–Trinajstić information content (AvgIpc) is 2.76. The largest absolute Gasteiger partial charge is 0.392 e. The van der Waals surface area contributed by atoms with Crippen LogP contribution in [0.15, 0.2) is 24.3 Å². The summed E-state index contributed by atoms with van der Waals surface area (Å²) in [7, 11) is 0. The summed E-state index contributed by atoms with van der Waals surface area (Å²) in [5, 5.41) is 14.9. The van der Waals surface area contributed by atoms with Gasteiger partial charge >= 0.3 is 0 Å². The zero-order valence-electron chi connectivity index (χ0n) is 9.72. The van der Waals surface area contributed by atoms with E-state index >= 15 is 0 Å². The van der Waals surface area contributed by atoms with Gasteiger partial charge in [-0.05, 0) is 18.6 Å². The van der Waals surface area contributed by atoms with E-state index in [-0.39, 0.29) is 11.5 Å². The van der Waals surface area contributed by atoms with Gasteiger partial charge in [-0.25, -0.2) is 0 Å². The number of carbonyl (C=O) groups is 2. The Hall–Kier alpha value is -1.92. The Morgan fingerprint density at radius 2 is 2.11 bits per heavy atom. The Labute approximate surface area is 104 Å². The Morgan fingerprint density at radius 1 is 1.39 bits per heavy atom. The van der Waals surface area contributed by atoms with Gasteiger partial charge in [0.1, 0.15) is 0 Å². The van der Waals surface area contributed by atoms with Gasteiger partial charge in [-0.1, -0.05) is 12.1 Å². The zero-order chi connectivity index (χ0) is 13.1. The van der Waals surface area contributed by atoms with Crippen LogP contribution in [0, 0.1) is 0 Å². The van der Waals surface area contributed by atoms with Crippen molar-refractivity contribution in [3.63, 3.8) is 0 Å². The first-order chi connectivity index (χ1) is 8.58. The molecular formula is C12H15N3O3. The minimum atomic E-state index is -0.592. The van der Waals surface area contributed by atoms with Crippen LogP contribution >= 0.6 is 0 Å². The van der Waals surface area contributed by atoms with Crippen molar-refractivity contribution < 1.29 is 14.7 Å². The van der Waals surface area contributed by atoms with E-state index in [1.807, 2.05) is 0 Å². The van der Waals surface area contributed by atoms with Crippen molar-refractivity contribution in [3.8, 4) is 0 Å². The molecule has 18 heavy (non-hydrogen) atoms. The molecule has 2 rings (SSSR count). The van der Waals surface area contributed by atoms with Gasteiger partial charge in [-0.15, -0.1) is 0 Å². The predicted octanol–water partition coefficient (Wildman–Crippen LogP) is -0.553. The maximum Gasteiger partial charge on any atom is 0.250 e. The fraction of sp³-hybridized carbons (Fsp3) is 0.333. The van der Waals surface area contributed by atoms with Crippen molar-refractivity contribution in [2.75, 3.05) is 11.9 Å². The summed E-state index contributed by atoms with van der Waals surface area (Å²) in [6.07, 6.45) is -0.142. The second kappa shape index (κ2) is 5.16. The number of nitrogens with one attached hydrogen (secondary N) is 2. The lowest BCUT2D eigenvalue weighted by atomic mass is 10.1. The fourth-order valence-corrected chi connectivity index (χ4v) is 1.94. The first kappa shape index (κ1) is 12.5. The molecule has 2 amide bonds. The standard InChI is InChI=1S/C12H15N3O3/c13-11(17)8-3-1-2-4-9(8)15-12(18)10-5-7(16)6-14-10/h1-4,7,10,14,16H,5-6H2,(H2,13,17)(H,15,18). The molecule has 1 saturated heterocycles. The summed E-state index contributed by atoms with van der Waals surface area (Å²) in [5.74, 6) is -0.870. The first-order valence-corrected chi connectivity index (χ1v) is 5.69. The van der Waals surface area contributed by atoms with Crippen LogP contribution < -0.4 is 16.4 Å². The highest BCUT2D eigenvalue weighted by atomic mass is 16.3. The molecule has 1 fully saturated rings. The van der Waals surface area contributed by atoms with E-state index in [1.54, 1.807) is 24.3 Å². The lowest BCUT2D eigenvalue weighted by Gasteiger charge is -2.12. The number of aliphatic hydroxyl groups is 1. The number of hydrogen-bond acceptors (Lipinski definition) is 4. The van der Waals surface area contributed by atoms with Gasteiger partial charge in [-0.2, -0.15) is 0 Å². The van der Waals surface area contributed by atoms with Crippen LogP contribution in [-0.4, -0.2) is 35.6 Å². The van der Waals surface area contributed by atoms with Crippen molar-refractivity contribution in [1.82, 2.24) is 5.32 Å². The first-order valence-electron chi connectivity index (χ1n) is 5.69. The summed E-state index contributed by atoms with van der Waals surface area (Å²) in [6, 6.07) is 6.10. The molecule has 1 aliphatic heterocycles. The van der Waals surface area contributed by atoms with E-state index in [2.05, 4.69) is 10.6 Å². The van der Waals surface area contributed by atoms with Crippen molar-refractivity contribution in [2.45, 2.75) is 18.6 Å². The van der Waals surface area contributed by atoms with Crippen LogP contribution in [0.5, 0.6) is 0 Å². The molecule has 0 bridgehead atoms. The summed E-state index contributed by atoms with van der Waals surface area (Å²) in [6.45, 7) is 0.398. The Kier molecular flexibility index (Phi) is 3.59. The van der Waals surface area contributed by atoms with Gasteiger partial charge in [0.15, 0.2) is 0 Å². The average molecular weight is 249 g/mol. The van der Waals surface area contributed by atoms with E-state index in [9.17, 15) is 14.7 Å². The summed E-state index contributed by atoms with van der Waals surface area (Å²) < 4.78 is 0. The Bertz CT molecular complexity index is 475. The molecule has 2 unspecified atom stereocenters. The van der Waals surface area contributed by atoms with Gasteiger partial charge in [0.05, 0.1) is 23.4 Å². The second-order valence-electron chi connectivity index (χ2n) is 4.25. The van der Waals surface area contributed by atoms with Gasteiger partial charge in [0, 0.05) is 6.54 Å². The van der Waals surface area contributed by atoms with Gasteiger partial charge < -0.3 is 21.5 Å². The van der Waals surface area contributed by atoms with Crippen LogP contribution in [0.1, 0.15) is 16.8 Å². The normalized spacial score (nSPS) is 22.7. The van der Waals surface area contributed by atoms with Gasteiger partial charge in [0.25, 0.3) is 5.91 Å². The number of carbonyl (C=O) groups excluding carboxylic acids is 2. The quantitative estimate of drug-likeness (QED) is 0.576. The molecule has 0 radical (unpaired) electrons. The number of para-hydroxylation sites is 1.